The van der Waals surface area contributed by atoms with E-state index < -0.39 is 11.5 Å². The second-order valence-electron chi connectivity index (χ2n) is 8.72. The molecular formula is C22H29N3O3S. The van der Waals surface area contributed by atoms with E-state index in [0.717, 1.165) is 17.8 Å². The van der Waals surface area contributed by atoms with Crippen molar-refractivity contribution < 1.29 is 14.3 Å². The van der Waals surface area contributed by atoms with Crippen LogP contribution in [0, 0.1) is 11.8 Å². The number of nitrogens with zero attached hydrogens (tertiary/aromatic N) is 2. The van der Waals surface area contributed by atoms with Gasteiger partial charge < -0.3 is 19.9 Å². The number of hydrogen-bond donors (Lipinski definition) is 1. The number of nitrogens with one attached hydrogen (secondary N) is 1. The molecule has 1 aromatic heterocycles. The molecule has 5 rings (SSSR count). The lowest BCUT2D eigenvalue weighted by Crippen LogP contribution is -2.44. The molecule has 0 radical (unpaired) electrons. The van der Waals surface area contributed by atoms with Gasteiger partial charge in [0.1, 0.15) is 5.60 Å². The highest BCUT2D eigenvalue weighted by molar-refractivity contribution is 7.09. The summed E-state index contributed by atoms with van der Waals surface area (Å²) in [5.74, 6) is -0.773. The zero-order chi connectivity index (χ0) is 19.8. The van der Waals surface area contributed by atoms with E-state index in [1.807, 2.05) is 34.6 Å². The smallest absolute Gasteiger partial charge is 0.230 e. The summed E-state index contributed by atoms with van der Waals surface area (Å²) in [4.78, 5) is 31.7. The number of rotatable bonds is 7. The Morgan fingerprint density at radius 2 is 2.17 bits per heavy atom. The van der Waals surface area contributed by atoms with Crippen molar-refractivity contribution in [1.29, 1.82) is 0 Å². The van der Waals surface area contributed by atoms with E-state index >= 15 is 0 Å². The van der Waals surface area contributed by atoms with Crippen LogP contribution in [0.1, 0.15) is 30.6 Å². The highest BCUT2D eigenvalue weighted by Gasteiger charge is 2.66. The van der Waals surface area contributed by atoms with E-state index in [9.17, 15) is 9.59 Å². The van der Waals surface area contributed by atoms with E-state index in [-0.39, 0.29) is 23.8 Å². The Morgan fingerprint density at radius 1 is 1.31 bits per heavy atom. The van der Waals surface area contributed by atoms with Crippen LogP contribution in [0.5, 0.6) is 0 Å². The third kappa shape index (κ3) is 3.53. The molecule has 2 amide bonds. The van der Waals surface area contributed by atoms with Crippen LogP contribution in [0.2, 0.25) is 0 Å². The third-order valence-corrected chi connectivity index (χ3v) is 7.67. The molecule has 0 saturated carbocycles. The van der Waals surface area contributed by atoms with E-state index in [1.54, 1.807) is 11.3 Å². The second-order valence-corrected chi connectivity index (χ2v) is 9.75. The van der Waals surface area contributed by atoms with Gasteiger partial charge in [-0.25, -0.2) is 0 Å². The molecule has 0 aromatic carbocycles. The largest absolute Gasteiger partial charge is 0.360 e. The fourth-order valence-electron chi connectivity index (χ4n) is 5.42. The summed E-state index contributed by atoms with van der Waals surface area (Å²) in [6.07, 6.45) is 8.60. The molecule has 3 fully saturated rings. The van der Waals surface area contributed by atoms with Gasteiger partial charge in [0.15, 0.2) is 0 Å². The summed E-state index contributed by atoms with van der Waals surface area (Å²) in [5.41, 5.74) is -0.616. The summed E-state index contributed by atoms with van der Waals surface area (Å²) in [7, 11) is 0. The molecule has 3 saturated heterocycles. The monoisotopic (exact) mass is 415 g/mol. The number of carbonyl (C=O) groups excluding carboxylic acids is 2. The van der Waals surface area contributed by atoms with Crippen LogP contribution in [0.4, 0.5) is 0 Å². The Labute approximate surface area is 175 Å². The van der Waals surface area contributed by atoms with Crippen LogP contribution >= 0.6 is 11.3 Å². The average Bonchev–Trinajstić information content (AvgIpc) is 3.49. The van der Waals surface area contributed by atoms with Crippen LogP contribution in [0.25, 0.3) is 0 Å². The predicted octanol–water partition coefficient (Wildman–Crippen LogP) is 2.02. The molecular weight excluding hydrogens is 386 g/mol. The molecule has 2 bridgehead atoms. The molecule has 4 atom stereocenters. The molecule has 4 aliphatic heterocycles. The Kier molecular flexibility index (Phi) is 5.22. The fraction of sp³-hybridized carbons (Fsp3) is 0.636. The van der Waals surface area contributed by atoms with Gasteiger partial charge in [0.25, 0.3) is 0 Å². The van der Waals surface area contributed by atoms with E-state index in [4.69, 9.17) is 4.74 Å². The number of ether oxygens (including phenoxy) is 1. The highest BCUT2D eigenvalue weighted by atomic mass is 32.1. The minimum Gasteiger partial charge on any atom is -0.360 e. The van der Waals surface area contributed by atoms with Crippen LogP contribution in [-0.4, -0.2) is 66.0 Å². The molecule has 2 unspecified atom stereocenters. The molecule has 29 heavy (non-hydrogen) atoms. The number of piperidine rings is 1. The van der Waals surface area contributed by atoms with Crippen LogP contribution < -0.4 is 5.32 Å². The van der Waals surface area contributed by atoms with Crippen molar-refractivity contribution in [1.82, 2.24) is 15.1 Å². The fourth-order valence-corrected chi connectivity index (χ4v) is 6.14. The van der Waals surface area contributed by atoms with Gasteiger partial charge in [-0.15, -0.1) is 11.3 Å². The van der Waals surface area contributed by atoms with Gasteiger partial charge in [-0.1, -0.05) is 24.6 Å². The molecule has 7 heteroatoms. The van der Waals surface area contributed by atoms with Gasteiger partial charge in [-0.2, -0.15) is 0 Å². The van der Waals surface area contributed by atoms with Crippen LogP contribution in [-0.2, 0) is 20.9 Å². The van der Waals surface area contributed by atoms with Crippen molar-refractivity contribution >= 4 is 23.2 Å². The van der Waals surface area contributed by atoms with Gasteiger partial charge in [0, 0.05) is 11.4 Å². The van der Waals surface area contributed by atoms with Crippen molar-refractivity contribution in [3.8, 4) is 0 Å². The van der Waals surface area contributed by atoms with Crippen molar-refractivity contribution in [2.24, 2.45) is 11.8 Å². The summed E-state index contributed by atoms with van der Waals surface area (Å²) < 4.78 is 6.20. The van der Waals surface area contributed by atoms with Crippen LogP contribution in [0.3, 0.4) is 0 Å². The summed E-state index contributed by atoms with van der Waals surface area (Å²) in [6.45, 7) is 5.19. The van der Waals surface area contributed by atoms with Crippen molar-refractivity contribution in [3.63, 3.8) is 0 Å². The Hall–Kier alpha value is -1.70. The number of thiophene rings is 1. The van der Waals surface area contributed by atoms with Crippen molar-refractivity contribution in [3.05, 3.63) is 34.5 Å². The van der Waals surface area contributed by atoms with Gasteiger partial charge in [-0.05, 0) is 50.3 Å². The maximum absolute atomic E-state index is 13.2. The Balaban J connectivity index is 1.19. The maximum Gasteiger partial charge on any atom is 0.230 e. The summed E-state index contributed by atoms with van der Waals surface area (Å²) in [5, 5.41) is 5.12. The minimum atomic E-state index is -0.616. The van der Waals surface area contributed by atoms with Gasteiger partial charge >= 0.3 is 0 Å². The number of amides is 2. The average molecular weight is 416 g/mol. The topological polar surface area (TPSA) is 61.9 Å². The molecule has 1 N–H and O–H groups in total. The quantitative estimate of drug-likeness (QED) is 0.547. The normalized spacial score (nSPS) is 33.4. The number of likely N-dealkylation sites (tertiary alicyclic amines) is 2. The molecule has 5 heterocycles. The van der Waals surface area contributed by atoms with Gasteiger partial charge in [0.2, 0.25) is 11.8 Å². The first-order valence-corrected chi connectivity index (χ1v) is 11.7. The zero-order valence-electron chi connectivity index (χ0n) is 16.7. The first-order chi connectivity index (χ1) is 14.2. The van der Waals surface area contributed by atoms with Gasteiger partial charge in [0.05, 0.1) is 31.0 Å². The molecule has 6 nitrogen and oxygen atoms in total. The highest BCUT2D eigenvalue weighted by Crippen LogP contribution is 2.52. The predicted molar refractivity (Wildman–Crippen MR) is 111 cm³/mol. The lowest BCUT2D eigenvalue weighted by Gasteiger charge is -2.26. The summed E-state index contributed by atoms with van der Waals surface area (Å²) >= 11 is 1.65. The lowest BCUT2D eigenvalue weighted by molar-refractivity contribution is -0.137. The Bertz CT molecular complexity index is 789. The van der Waals surface area contributed by atoms with E-state index in [1.165, 1.54) is 32.4 Å². The Morgan fingerprint density at radius 3 is 2.97 bits per heavy atom. The van der Waals surface area contributed by atoms with Crippen LogP contribution in [0.15, 0.2) is 29.7 Å². The van der Waals surface area contributed by atoms with E-state index in [2.05, 4.69) is 10.2 Å². The second kappa shape index (κ2) is 7.85. The molecule has 1 aromatic rings. The standard InChI is InChI=1S/C22H29N3O3S/c26-20(23-9-5-12-24-10-2-1-3-11-24)18-17-7-8-22(28-17)15-25(21(27)19(18)22)14-16-6-4-13-29-16/h4,6-8,13,17-19H,1-3,5,9-12,14-15H2,(H,23,26)/t17-,18?,19-,22?/m1/s1. The lowest BCUT2D eigenvalue weighted by atomic mass is 9.77. The molecule has 4 aliphatic rings. The first kappa shape index (κ1) is 19.3. The number of carbonyl (C=O) groups is 2. The first-order valence-electron chi connectivity index (χ1n) is 10.8. The van der Waals surface area contributed by atoms with Crippen molar-refractivity contribution in [2.75, 3.05) is 32.7 Å². The minimum absolute atomic E-state index is 0.0313. The van der Waals surface area contributed by atoms with E-state index in [0.29, 0.717) is 19.6 Å². The summed E-state index contributed by atoms with van der Waals surface area (Å²) in [6, 6.07) is 4.05. The molecule has 0 aliphatic carbocycles. The number of fused-ring (bicyclic) bond motifs is 1. The molecule has 156 valence electrons. The third-order valence-electron chi connectivity index (χ3n) is 6.81. The van der Waals surface area contributed by atoms with Gasteiger partial charge in [-0.3, -0.25) is 9.59 Å². The maximum atomic E-state index is 13.2. The van der Waals surface area contributed by atoms with Crippen molar-refractivity contribution in [2.45, 2.75) is 43.9 Å². The molecule has 1 spiro atoms. The number of hydrogen-bond acceptors (Lipinski definition) is 5. The SMILES string of the molecule is O=C(NCCCN1CCCCC1)C1[C@H]2C=CC3(CN(Cc4cccs4)C(=O)[C@@H]13)O2. The zero-order valence-corrected chi connectivity index (χ0v) is 17.5.